The topological polar surface area (TPSA) is 45.8 Å². The second-order valence-electron chi connectivity index (χ2n) is 11.1. The van der Waals surface area contributed by atoms with E-state index in [9.17, 15) is 0 Å². The Hall–Kier alpha value is -0.200. The summed E-state index contributed by atoms with van der Waals surface area (Å²) in [5.41, 5.74) is 0.808. The highest BCUT2D eigenvalue weighted by Gasteiger charge is 2.48. The number of fused-ring (bicyclic) bond motifs is 2. The zero-order valence-corrected chi connectivity index (χ0v) is 20.1. The summed E-state index contributed by atoms with van der Waals surface area (Å²) in [6.07, 6.45) is 1.61. The molecule has 29 heavy (non-hydrogen) atoms. The monoisotopic (exact) mass is 409 g/mol. The minimum Gasteiger partial charge on any atom is -0.381 e. The first-order valence-electron chi connectivity index (χ1n) is 12.0. The maximum atomic E-state index is 5.89. The lowest BCUT2D eigenvalue weighted by Gasteiger charge is -2.54. The van der Waals surface area contributed by atoms with Crippen molar-refractivity contribution in [3.63, 3.8) is 0 Å². The average Bonchev–Trinajstić information content (AvgIpc) is 3.08. The van der Waals surface area contributed by atoms with Crippen LogP contribution in [0.1, 0.15) is 48.0 Å². The van der Waals surface area contributed by atoms with Crippen molar-refractivity contribution in [2.75, 3.05) is 59.6 Å². The normalized spacial score (nSPS) is 43.3. The second-order valence-corrected chi connectivity index (χ2v) is 11.1. The van der Waals surface area contributed by atoms with Gasteiger partial charge in [-0.1, -0.05) is 41.5 Å². The summed E-state index contributed by atoms with van der Waals surface area (Å²) in [7, 11) is 2.24. The first kappa shape index (κ1) is 23.5. The number of piperidine rings is 1. The highest BCUT2D eigenvalue weighted by Crippen LogP contribution is 2.45. The van der Waals surface area contributed by atoms with Crippen molar-refractivity contribution in [1.82, 2.24) is 15.5 Å². The van der Waals surface area contributed by atoms with Crippen molar-refractivity contribution < 1.29 is 9.47 Å². The standard InChI is InChI=1S/C12H24N2O.C12H23NO/c1-9(2)12(3)8-13-7-10-11(12)14(4)5-6-15-10;1-9(2)12(3)4-5-14-8-10-6-13-7-11(10)12/h9-11,13H,5-8H2,1-4H3;9-11,13H,4-8H2,1-3H3. The molecule has 4 heterocycles. The lowest BCUT2D eigenvalue weighted by molar-refractivity contribution is -0.129. The third kappa shape index (κ3) is 4.69. The van der Waals surface area contributed by atoms with E-state index in [-0.39, 0.29) is 0 Å². The van der Waals surface area contributed by atoms with E-state index in [4.69, 9.17) is 9.47 Å². The van der Waals surface area contributed by atoms with Crippen LogP contribution in [0.3, 0.4) is 0 Å². The predicted molar refractivity (Wildman–Crippen MR) is 120 cm³/mol. The number of ether oxygens (including phenoxy) is 2. The third-order valence-corrected chi connectivity index (χ3v) is 9.07. The van der Waals surface area contributed by atoms with Crippen LogP contribution in [0.4, 0.5) is 0 Å². The lowest BCUT2D eigenvalue weighted by atomic mass is 9.64. The SMILES string of the molecule is CC(C)C1(C)CCOCC2CNCC21.CC(C)C1(C)CNCC2OCCN(C)C21. The van der Waals surface area contributed by atoms with Gasteiger partial charge in [-0.3, -0.25) is 4.90 Å². The first-order chi connectivity index (χ1) is 13.7. The van der Waals surface area contributed by atoms with Gasteiger partial charge < -0.3 is 20.1 Å². The Balaban J connectivity index is 0.000000166. The van der Waals surface area contributed by atoms with Crippen LogP contribution >= 0.6 is 0 Å². The summed E-state index contributed by atoms with van der Waals surface area (Å²) in [6, 6.07) is 0.576. The van der Waals surface area contributed by atoms with Crippen LogP contribution in [-0.4, -0.2) is 76.6 Å². The summed E-state index contributed by atoms with van der Waals surface area (Å²) in [4.78, 5) is 2.50. The van der Waals surface area contributed by atoms with Crippen molar-refractivity contribution in [3.8, 4) is 0 Å². The molecule has 5 heteroatoms. The van der Waals surface area contributed by atoms with Crippen LogP contribution in [0.25, 0.3) is 0 Å². The summed E-state index contributed by atoms with van der Waals surface area (Å²) in [5, 5.41) is 7.05. The molecule has 6 unspecified atom stereocenters. The number of nitrogens with zero attached hydrogens (tertiary/aromatic N) is 1. The zero-order chi connectivity index (χ0) is 21.2. The molecule has 4 aliphatic rings. The molecule has 4 fully saturated rings. The fourth-order valence-corrected chi connectivity index (χ4v) is 6.20. The fraction of sp³-hybridized carbons (Fsp3) is 1.00. The Morgan fingerprint density at radius 1 is 0.931 bits per heavy atom. The number of hydrogen-bond donors (Lipinski definition) is 2. The minimum atomic E-state index is 0.331. The molecule has 0 aromatic carbocycles. The molecular weight excluding hydrogens is 362 g/mol. The quantitative estimate of drug-likeness (QED) is 0.734. The smallest absolute Gasteiger partial charge is 0.0860 e. The Bertz CT molecular complexity index is 526. The molecule has 0 aromatic heterocycles. The van der Waals surface area contributed by atoms with Crippen LogP contribution in [0.2, 0.25) is 0 Å². The Kier molecular flexibility index (Phi) is 7.70. The van der Waals surface area contributed by atoms with Crippen LogP contribution in [0.5, 0.6) is 0 Å². The Morgan fingerprint density at radius 2 is 1.66 bits per heavy atom. The van der Waals surface area contributed by atoms with E-state index in [1.54, 1.807) is 0 Å². The number of rotatable bonds is 2. The third-order valence-electron chi connectivity index (χ3n) is 9.07. The van der Waals surface area contributed by atoms with Gasteiger partial charge in [0.15, 0.2) is 0 Å². The molecule has 2 N–H and O–H groups in total. The average molecular weight is 410 g/mol. The van der Waals surface area contributed by atoms with Crippen molar-refractivity contribution >= 4 is 0 Å². The molecule has 0 bridgehead atoms. The van der Waals surface area contributed by atoms with Gasteiger partial charge >= 0.3 is 0 Å². The van der Waals surface area contributed by atoms with Gasteiger partial charge in [-0.2, -0.15) is 0 Å². The predicted octanol–water partition coefficient (Wildman–Crippen LogP) is 2.86. The summed E-state index contributed by atoms with van der Waals surface area (Å²) >= 11 is 0. The molecule has 4 rings (SSSR count). The number of hydrogen-bond acceptors (Lipinski definition) is 5. The Labute approximate surface area is 179 Å². The lowest BCUT2D eigenvalue weighted by Crippen LogP contribution is -2.67. The van der Waals surface area contributed by atoms with Crippen molar-refractivity contribution in [3.05, 3.63) is 0 Å². The summed E-state index contributed by atoms with van der Waals surface area (Å²) in [5.74, 6) is 3.02. The van der Waals surface area contributed by atoms with Crippen molar-refractivity contribution in [1.29, 1.82) is 0 Å². The van der Waals surface area contributed by atoms with Crippen LogP contribution < -0.4 is 10.6 Å². The van der Waals surface area contributed by atoms with Gasteiger partial charge in [0.2, 0.25) is 0 Å². The minimum absolute atomic E-state index is 0.331. The molecule has 0 spiro atoms. The van der Waals surface area contributed by atoms with E-state index in [2.05, 4.69) is 64.1 Å². The van der Waals surface area contributed by atoms with Crippen molar-refractivity contribution in [2.24, 2.45) is 34.5 Å². The highest BCUT2D eigenvalue weighted by atomic mass is 16.5. The van der Waals surface area contributed by atoms with Gasteiger partial charge in [0.1, 0.15) is 0 Å². The van der Waals surface area contributed by atoms with Crippen LogP contribution in [0, 0.1) is 34.5 Å². The molecule has 0 radical (unpaired) electrons. The summed E-state index contributed by atoms with van der Waals surface area (Å²) < 4.78 is 11.6. The molecule has 5 nitrogen and oxygen atoms in total. The molecule has 4 saturated heterocycles. The van der Waals surface area contributed by atoms with Crippen LogP contribution in [-0.2, 0) is 9.47 Å². The van der Waals surface area contributed by atoms with E-state index >= 15 is 0 Å². The maximum Gasteiger partial charge on any atom is 0.0860 e. The molecule has 0 saturated carbocycles. The fourth-order valence-electron chi connectivity index (χ4n) is 6.20. The number of morpholine rings is 1. The van der Waals surface area contributed by atoms with Crippen molar-refractivity contribution in [2.45, 2.75) is 60.1 Å². The van der Waals surface area contributed by atoms with E-state index in [1.807, 2.05) is 0 Å². The molecule has 6 atom stereocenters. The van der Waals surface area contributed by atoms with E-state index in [0.29, 0.717) is 28.9 Å². The molecule has 170 valence electrons. The van der Waals surface area contributed by atoms with E-state index in [0.717, 1.165) is 63.8 Å². The molecule has 0 amide bonds. The molecule has 4 aliphatic heterocycles. The number of nitrogens with one attached hydrogen (secondary N) is 2. The first-order valence-corrected chi connectivity index (χ1v) is 12.0. The molecule has 0 aromatic rings. The number of likely N-dealkylation sites (N-methyl/N-ethyl adjacent to an activating group) is 1. The second kappa shape index (κ2) is 9.52. The van der Waals surface area contributed by atoms with E-state index in [1.165, 1.54) is 13.0 Å². The maximum absolute atomic E-state index is 5.89. The summed E-state index contributed by atoms with van der Waals surface area (Å²) in [6.45, 7) is 22.6. The van der Waals surface area contributed by atoms with Crippen LogP contribution in [0.15, 0.2) is 0 Å². The van der Waals surface area contributed by atoms with Gasteiger partial charge in [0.25, 0.3) is 0 Å². The van der Waals surface area contributed by atoms with Gasteiger partial charge in [-0.15, -0.1) is 0 Å². The highest BCUT2D eigenvalue weighted by molar-refractivity contribution is 5.02. The molecular formula is C24H47N3O2. The van der Waals surface area contributed by atoms with Gasteiger partial charge in [0.05, 0.1) is 19.3 Å². The molecule has 0 aliphatic carbocycles. The van der Waals surface area contributed by atoms with Gasteiger partial charge in [0, 0.05) is 44.2 Å². The Morgan fingerprint density at radius 3 is 2.34 bits per heavy atom. The van der Waals surface area contributed by atoms with Gasteiger partial charge in [-0.25, -0.2) is 0 Å². The van der Waals surface area contributed by atoms with E-state index < -0.39 is 0 Å². The largest absolute Gasteiger partial charge is 0.381 e. The van der Waals surface area contributed by atoms with Gasteiger partial charge in [-0.05, 0) is 49.1 Å². The zero-order valence-electron chi connectivity index (χ0n) is 20.1.